The topological polar surface area (TPSA) is 94.3 Å². The Bertz CT molecular complexity index is 883. The molecule has 7 nitrogen and oxygen atoms in total. The number of nitrogens with zero attached hydrogens (tertiary/aromatic N) is 3. The summed E-state index contributed by atoms with van der Waals surface area (Å²) in [5.74, 6) is -4.17. The maximum Gasteiger partial charge on any atom is 0.316 e. The molecule has 1 aliphatic carbocycles. The normalized spacial score (nSPS) is 18.2. The van der Waals surface area contributed by atoms with Gasteiger partial charge >= 0.3 is 5.97 Å². The van der Waals surface area contributed by atoms with E-state index < -0.39 is 40.3 Å². The van der Waals surface area contributed by atoms with Crippen LogP contribution in [0.3, 0.4) is 0 Å². The predicted octanol–water partition coefficient (Wildman–Crippen LogP) is 1.99. The van der Waals surface area contributed by atoms with Crippen LogP contribution in [-0.2, 0) is 26.5 Å². The third kappa shape index (κ3) is 3.30. The summed E-state index contributed by atoms with van der Waals surface area (Å²) in [6.45, 7) is 2.85. The Labute approximate surface area is 160 Å². The quantitative estimate of drug-likeness (QED) is 0.545. The molecule has 0 amide bonds. The summed E-state index contributed by atoms with van der Waals surface area (Å²) in [6, 6.07) is 2.78. The second-order valence-corrected chi connectivity index (χ2v) is 7.00. The lowest BCUT2D eigenvalue weighted by atomic mass is 9.72. The van der Waals surface area contributed by atoms with E-state index in [0.29, 0.717) is 6.07 Å². The number of carbonyl (C=O) groups is 2. The van der Waals surface area contributed by atoms with Crippen LogP contribution in [0.1, 0.15) is 32.3 Å². The molecule has 2 atom stereocenters. The van der Waals surface area contributed by atoms with Crippen LogP contribution in [0.5, 0.6) is 0 Å². The van der Waals surface area contributed by atoms with Crippen LogP contribution in [0.4, 0.5) is 8.78 Å². The average Bonchev–Trinajstić information content (AvgIpc) is 3.32. The summed E-state index contributed by atoms with van der Waals surface area (Å²) in [6.07, 6.45) is 3.06. The van der Waals surface area contributed by atoms with E-state index in [4.69, 9.17) is 4.74 Å². The fourth-order valence-corrected chi connectivity index (χ4v) is 3.65. The number of ether oxygens (including phenoxy) is 1. The van der Waals surface area contributed by atoms with E-state index >= 15 is 0 Å². The van der Waals surface area contributed by atoms with Gasteiger partial charge in [-0.25, -0.2) is 18.4 Å². The molecule has 2 unspecified atom stereocenters. The molecule has 0 aliphatic heterocycles. The van der Waals surface area contributed by atoms with Crippen molar-refractivity contribution >= 4 is 11.8 Å². The third-order valence-electron chi connectivity index (χ3n) is 5.28. The Morgan fingerprint density at radius 3 is 2.64 bits per heavy atom. The van der Waals surface area contributed by atoms with Crippen LogP contribution in [0, 0.1) is 23.0 Å². The van der Waals surface area contributed by atoms with E-state index in [2.05, 4.69) is 10.1 Å². The van der Waals surface area contributed by atoms with E-state index in [1.165, 1.54) is 24.3 Å². The minimum Gasteiger partial charge on any atom is -0.465 e. The highest BCUT2D eigenvalue weighted by atomic mass is 19.1. The molecule has 28 heavy (non-hydrogen) atoms. The number of esters is 1. The molecule has 1 N–H and O–H groups in total. The Morgan fingerprint density at radius 1 is 1.39 bits per heavy atom. The van der Waals surface area contributed by atoms with Crippen molar-refractivity contribution in [2.24, 2.45) is 11.3 Å². The number of halogens is 2. The van der Waals surface area contributed by atoms with Crippen LogP contribution in [0.25, 0.3) is 0 Å². The zero-order valence-corrected chi connectivity index (χ0v) is 15.6. The van der Waals surface area contributed by atoms with Gasteiger partial charge in [-0.05, 0) is 32.8 Å². The number of hydrogen-bond acceptors (Lipinski definition) is 6. The highest BCUT2D eigenvalue weighted by Crippen LogP contribution is 2.61. The molecule has 3 rings (SSSR count). The molecule has 1 aromatic heterocycles. The van der Waals surface area contributed by atoms with Crippen molar-refractivity contribution in [2.45, 2.75) is 38.8 Å². The SMILES string of the molecule is CCOC(=O)C(C)C(=O)C1(C(O)(Cn2cncn2)c2ccc(F)cc2F)CC1. The minimum atomic E-state index is -2.05. The lowest BCUT2D eigenvalue weighted by Gasteiger charge is -2.37. The van der Waals surface area contributed by atoms with Crippen LogP contribution in [0.2, 0.25) is 0 Å². The van der Waals surface area contributed by atoms with Crippen molar-refractivity contribution in [2.75, 3.05) is 6.61 Å². The zero-order chi connectivity index (χ0) is 20.5. The standard InChI is InChI=1S/C19H21F2N3O4/c1-3-28-17(26)12(2)16(25)18(6-7-18)19(27,9-24-11-22-10-23-24)14-5-4-13(20)8-15(14)21/h4-5,8,10-12,27H,3,6-7,9H2,1-2H3. The van der Waals surface area contributed by atoms with Crippen molar-refractivity contribution in [1.29, 1.82) is 0 Å². The van der Waals surface area contributed by atoms with E-state index in [0.717, 1.165) is 12.1 Å². The van der Waals surface area contributed by atoms with E-state index in [1.807, 2.05) is 0 Å². The van der Waals surface area contributed by atoms with Crippen molar-refractivity contribution < 1.29 is 28.2 Å². The number of aromatic nitrogens is 3. The van der Waals surface area contributed by atoms with Gasteiger partial charge in [0.1, 0.15) is 35.8 Å². The van der Waals surface area contributed by atoms with Crippen molar-refractivity contribution in [1.82, 2.24) is 14.8 Å². The van der Waals surface area contributed by atoms with E-state index in [1.54, 1.807) is 6.92 Å². The first-order valence-electron chi connectivity index (χ1n) is 8.96. The van der Waals surface area contributed by atoms with E-state index in [9.17, 15) is 23.5 Å². The van der Waals surface area contributed by atoms with Gasteiger partial charge in [-0.1, -0.05) is 6.07 Å². The summed E-state index contributed by atoms with van der Waals surface area (Å²) in [4.78, 5) is 29.0. The molecule has 150 valence electrons. The number of Topliss-reactive ketones (excluding diaryl/α,β-unsaturated/α-hetero) is 1. The molecular weight excluding hydrogens is 372 g/mol. The monoisotopic (exact) mass is 393 g/mol. The second-order valence-electron chi connectivity index (χ2n) is 7.00. The first-order chi connectivity index (χ1) is 13.2. The number of hydrogen-bond donors (Lipinski definition) is 1. The Morgan fingerprint density at radius 2 is 2.11 bits per heavy atom. The Kier molecular flexibility index (Phi) is 5.29. The van der Waals surface area contributed by atoms with Crippen LogP contribution in [-0.4, -0.2) is 38.2 Å². The fourth-order valence-electron chi connectivity index (χ4n) is 3.65. The number of rotatable bonds is 8. The molecule has 1 aliphatic rings. The number of ketones is 1. The number of aliphatic hydroxyl groups is 1. The molecule has 0 radical (unpaired) electrons. The molecule has 0 spiro atoms. The molecule has 1 aromatic carbocycles. The summed E-state index contributed by atoms with van der Waals surface area (Å²) >= 11 is 0. The second kappa shape index (κ2) is 7.38. The van der Waals surface area contributed by atoms with Gasteiger partial charge in [0.05, 0.1) is 18.6 Å². The van der Waals surface area contributed by atoms with Gasteiger partial charge in [0.2, 0.25) is 0 Å². The molecule has 1 fully saturated rings. The minimum absolute atomic E-state index is 0.110. The summed E-state index contributed by atoms with van der Waals surface area (Å²) in [5.41, 5.74) is -3.69. The van der Waals surface area contributed by atoms with Crippen molar-refractivity contribution in [3.8, 4) is 0 Å². The average molecular weight is 393 g/mol. The van der Waals surface area contributed by atoms with Gasteiger partial charge in [0.25, 0.3) is 0 Å². The summed E-state index contributed by atoms with van der Waals surface area (Å²) in [7, 11) is 0. The van der Waals surface area contributed by atoms with Crippen molar-refractivity contribution in [3.05, 3.63) is 48.1 Å². The summed E-state index contributed by atoms with van der Waals surface area (Å²) < 4.78 is 34.2. The zero-order valence-electron chi connectivity index (χ0n) is 15.6. The van der Waals surface area contributed by atoms with Gasteiger partial charge in [-0.2, -0.15) is 5.10 Å². The Hall–Kier alpha value is -2.68. The molecule has 9 heteroatoms. The molecule has 1 heterocycles. The maximum atomic E-state index is 14.6. The lowest BCUT2D eigenvalue weighted by molar-refractivity contribution is -0.157. The fraction of sp³-hybridized carbons (Fsp3) is 0.474. The van der Waals surface area contributed by atoms with Crippen LogP contribution in [0.15, 0.2) is 30.9 Å². The predicted molar refractivity (Wildman–Crippen MR) is 92.7 cm³/mol. The first-order valence-corrected chi connectivity index (χ1v) is 8.96. The molecule has 2 aromatic rings. The van der Waals surface area contributed by atoms with Crippen LogP contribution >= 0.6 is 0 Å². The summed E-state index contributed by atoms with van der Waals surface area (Å²) in [5, 5.41) is 15.6. The highest BCUT2D eigenvalue weighted by molar-refractivity contribution is 6.03. The van der Waals surface area contributed by atoms with E-state index in [-0.39, 0.29) is 31.6 Å². The molecule has 0 bridgehead atoms. The van der Waals surface area contributed by atoms with Crippen molar-refractivity contribution in [3.63, 3.8) is 0 Å². The number of benzene rings is 1. The maximum absolute atomic E-state index is 14.6. The van der Waals surface area contributed by atoms with Crippen LogP contribution < -0.4 is 0 Å². The largest absolute Gasteiger partial charge is 0.465 e. The third-order valence-corrected chi connectivity index (χ3v) is 5.28. The highest BCUT2D eigenvalue weighted by Gasteiger charge is 2.66. The lowest BCUT2D eigenvalue weighted by Crippen LogP contribution is -2.48. The van der Waals surface area contributed by atoms with Gasteiger partial charge in [-0.3, -0.25) is 9.59 Å². The van der Waals surface area contributed by atoms with Gasteiger partial charge in [-0.15, -0.1) is 0 Å². The number of carbonyl (C=O) groups excluding carboxylic acids is 2. The van der Waals surface area contributed by atoms with Gasteiger partial charge in [0.15, 0.2) is 5.78 Å². The smallest absolute Gasteiger partial charge is 0.316 e. The molecule has 1 saturated carbocycles. The molecule has 0 saturated heterocycles. The Balaban J connectivity index is 2.06. The van der Waals surface area contributed by atoms with Gasteiger partial charge < -0.3 is 9.84 Å². The first kappa shape index (κ1) is 20.1. The molecular formula is C19H21F2N3O4. The van der Waals surface area contributed by atoms with Gasteiger partial charge in [0, 0.05) is 11.6 Å².